The average molecular weight is 128 g/mol. The lowest BCUT2D eigenvalue weighted by molar-refractivity contribution is 0.191. The fourth-order valence-electron chi connectivity index (χ4n) is 0.690. The van der Waals surface area contributed by atoms with Crippen molar-refractivity contribution in [3.05, 3.63) is 6.73 Å². The molecule has 2 heteroatoms. The lowest BCUT2D eigenvalue weighted by Crippen LogP contribution is -2.03. The predicted octanol–water partition coefficient (Wildman–Crippen LogP) is 1.79. The Bertz CT molecular complexity index is 81.0. The average Bonchev–Trinajstić information content (AvgIpc) is 2.65. The molecule has 1 aliphatic rings. The molecule has 2 atom stereocenters. The van der Waals surface area contributed by atoms with Crippen LogP contribution in [-0.4, -0.2) is 11.6 Å². The van der Waals surface area contributed by atoms with E-state index in [0.717, 1.165) is 12.5 Å². The molecule has 0 aliphatic carbocycles. The highest BCUT2D eigenvalue weighted by Crippen LogP contribution is 2.16. The maximum atomic E-state index is 4.81. The maximum absolute atomic E-state index is 4.81. The Labute approximate surface area is 56.8 Å². The number of hydrogen-bond acceptors (Lipinski definition) is 2. The van der Waals surface area contributed by atoms with Gasteiger partial charge in [-0.15, -0.1) is 0 Å². The summed E-state index contributed by atoms with van der Waals surface area (Å²) in [6.45, 7) is 7.30. The van der Waals surface area contributed by atoms with Gasteiger partial charge in [-0.05, 0) is 12.3 Å². The van der Waals surface area contributed by atoms with Crippen LogP contribution in [-0.2, 0) is 4.84 Å². The van der Waals surface area contributed by atoms with Crippen molar-refractivity contribution in [3.8, 4) is 0 Å². The number of nitrogens with zero attached hydrogens (tertiary/aromatic N) is 1. The smallest absolute Gasteiger partial charge is 0.197 e. The zero-order valence-electron chi connectivity index (χ0n) is 6.13. The van der Waals surface area contributed by atoms with Crippen molar-refractivity contribution in [2.75, 3.05) is 6.54 Å². The Balaban J connectivity index is 1.90. The molecule has 1 rings (SSSR count). The summed E-state index contributed by atoms with van der Waals surface area (Å²) in [6.07, 6.45) is 2.51. The zero-order chi connectivity index (χ0) is 6.69. The van der Waals surface area contributed by atoms with Crippen LogP contribution in [0, 0.1) is 12.6 Å². The van der Waals surface area contributed by atoms with Crippen LogP contribution in [0.3, 0.4) is 0 Å². The van der Waals surface area contributed by atoms with Gasteiger partial charge >= 0.3 is 0 Å². The van der Waals surface area contributed by atoms with E-state index < -0.39 is 0 Å². The van der Waals surface area contributed by atoms with Gasteiger partial charge in [-0.3, -0.25) is 4.84 Å². The summed E-state index contributed by atoms with van der Waals surface area (Å²) < 4.78 is 0. The first-order chi connectivity index (χ1) is 4.33. The second-order valence-electron chi connectivity index (χ2n) is 2.65. The predicted molar refractivity (Wildman–Crippen MR) is 36.2 cm³/mol. The van der Waals surface area contributed by atoms with Crippen molar-refractivity contribution < 1.29 is 4.84 Å². The van der Waals surface area contributed by atoms with E-state index in [2.05, 4.69) is 13.8 Å². The fraction of sp³-hybridized carbons (Fsp3) is 0.857. The van der Waals surface area contributed by atoms with Crippen molar-refractivity contribution in [3.63, 3.8) is 0 Å². The summed E-state index contributed by atoms with van der Waals surface area (Å²) in [7, 11) is 0. The fourth-order valence-corrected chi connectivity index (χ4v) is 0.690. The second kappa shape index (κ2) is 3.18. The third kappa shape index (κ3) is 2.82. The maximum Gasteiger partial charge on any atom is 0.197 e. The third-order valence-corrected chi connectivity index (χ3v) is 1.79. The molecule has 0 saturated carbocycles. The summed E-state index contributed by atoms with van der Waals surface area (Å²) in [5.41, 5.74) is 0. The molecular weight excluding hydrogens is 114 g/mol. The van der Waals surface area contributed by atoms with Gasteiger partial charge in [-0.1, -0.05) is 20.3 Å². The molecule has 1 saturated heterocycles. The molecule has 1 heterocycles. The minimum Gasteiger partial charge on any atom is -0.271 e. The van der Waals surface area contributed by atoms with Gasteiger partial charge in [0.2, 0.25) is 0 Å². The number of hydrogen-bond donors (Lipinski definition) is 0. The summed E-state index contributed by atoms with van der Waals surface area (Å²) in [6, 6.07) is 0. The van der Waals surface area contributed by atoms with E-state index in [1.165, 1.54) is 12.8 Å². The van der Waals surface area contributed by atoms with Crippen LogP contribution >= 0.6 is 0 Å². The molecule has 53 valence electrons. The highest BCUT2D eigenvalue weighted by Gasteiger charge is 2.19. The van der Waals surface area contributed by atoms with Crippen LogP contribution in [0.4, 0.5) is 0 Å². The van der Waals surface area contributed by atoms with Gasteiger partial charge in [0.15, 0.2) is 6.73 Å². The number of hydroxylamine groups is 2. The van der Waals surface area contributed by atoms with Gasteiger partial charge in [0.05, 0.1) is 0 Å². The molecule has 1 fully saturated rings. The Kier molecular flexibility index (Phi) is 2.49. The van der Waals surface area contributed by atoms with Gasteiger partial charge < -0.3 is 0 Å². The highest BCUT2D eigenvalue weighted by atomic mass is 16.8. The Morgan fingerprint density at radius 1 is 1.67 bits per heavy atom. The van der Waals surface area contributed by atoms with Crippen LogP contribution < -0.4 is 0 Å². The monoisotopic (exact) mass is 128 g/mol. The molecule has 2 nitrogen and oxygen atoms in total. The Morgan fingerprint density at radius 2 is 2.33 bits per heavy atom. The third-order valence-electron chi connectivity index (χ3n) is 1.79. The number of rotatable bonds is 4. The van der Waals surface area contributed by atoms with Crippen LogP contribution in [0.15, 0.2) is 0 Å². The van der Waals surface area contributed by atoms with Gasteiger partial charge in [-0.25, -0.2) is 0 Å². The Hall–Kier alpha value is -0.0800. The topological polar surface area (TPSA) is 15.5 Å². The van der Waals surface area contributed by atoms with E-state index in [9.17, 15) is 0 Å². The van der Waals surface area contributed by atoms with Crippen LogP contribution in [0.25, 0.3) is 0 Å². The zero-order valence-corrected chi connectivity index (χ0v) is 6.13. The normalized spacial score (nSPS) is 28.0. The molecule has 0 aromatic rings. The van der Waals surface area contributed by atoms with E-state index >= 15 is 0 Å². The van der Waals surface area contributed by atoms with Gasteiger partial charge in [-0.2, -0.15) is 5.06 Å². The van der Waals surface area contributed by atoms with Gasteiger partial charge in [0.1, 0.15) is 0 Å². The van der Waals surface area contributed by atoms with Gasteiger partial charge in [0, 0.05) is 6.54 Å². The molecule has 0 aromatic carbocycles. The van der Waals surface area contributed by atoms with E-state index in [1.807, 2.05) is 5.06 Å². The summed E-state index contributed by atoms with van der Waals surface area (Å²) in [5, 5.41) is 1.87. The molecule has 0 bridgehead atoms. The second-order valence-corrected chi connectivity index (χ2v) is 2.65. The Morgan fingerprint density at radius 3 is 2.78 bits per heavy atom. The minimum absolute atomic E-state index is 0.836. The SMILES string of the molecule is CCC(C)CCN1[CH]O1. The van der Waals surface area contributed by atoms with E-state index in [4.69, 9.17) is 4.84 Å². The van der Waals surface area contributed by atoms with Gasteiger partial charge in [0.25, 0.3) is 0 Å². The standard InChI is InChI=1S/C7H14NO/c1-3-7(2)4-5-8-6-9-8/h6-7H,3-5H2,1-2H3. The first-order valence-electron chi connectivity index (χ1n) is 3.59. The molecule has 1 radical (unpaired) electrons. The van der Waals surface area contributed by atoms with Crippen LogP contribution in [0.2, 0.25) is 0 Å². The first kappa shape index (κ1) is 7.03. The highest BCUT2D eigenvalue weighted by molar-refractivity contribution is 4.62. The molecule has 2 unspecified atom stereocenters. The van der Waals surface area contributed by atoms with E-state index in [0.29, 0.717) is 0 Å². The first-order valence-corrected chi connectivity index (χ1v) is 3.59. The molecule has 0 amide bonds. The van der Waals surface area contributed by atoms with E-state index in [1.54, 1.807) is 6.73 Å². The van der Waals surface area contributed by atoms with Crippen LogP contribution in [0.1, 0.15) is 26.7 Å². The molecular formula is C7H14NO. The van der Waals surface area contributed by atoms with Crippen LogP contribution in [0.5, 0.6) is 0 Å². The van der Waals surface area contributed by atoms with Crippen molar-refractivity contribution in [1.29, 1.82) is 0 Å². The molecule has 0 N–H and O–H groups in total. The molecule has 0 spiro atoms. The molecule has 1 aliphatic heterocycles. The summed E-state index contributed by atoms with van der Waals surface area (Å²) in [5.74, 6) is 0.836. The lowest BCUT2D eigenvalue weighted by atomic mass is 10.1. The minimum atomic E-state index is 0.836. The van der Waals surface area contributed by atoms with Crippen molar-refractivity contribution >= 4 is 0 Å². The largest absolute Gasteiger partial charge is 0.271 e. The molecule has 0 aromatic heterocycles. The summed E-state index contributed by atoms with van der Waals surface area (Å²) >= 11 is 0. The van der Waals surface area contributed by atoms with Crippen molar-refractivity contribution in [1.82, 2.24) is 5.06 Å². The quantitative estimate of drug-likeness (QED) is 0.536. The summed E-state index contributed by atoms with van der Waals surface area (Å²) in [4.78, 5) is 4.81. The van der Waals surface area contributed by atoms with Crippen molar-refractivity contribution in [2.24, 2.45) is 5.92 Å². The van der Waals surface area contributed by atoms with E-state index in [-0.39, 0.29) is 0 Å². The van der Waals surface area contributed by atoms with Crippen molar-refractivity contribution in [2.45, 2.75) is 26.7 Å². The lowest BCUT2D eigenvalue weighted by Gasteiger charge is -2.04. The molecule has 9 heavy (non-hydrogen) atoms.